The third-order valence-electron chi connectivity index (χ3n) is 4.73. The SMILES string of the molecule is Cc1c(Cl)ccc2sc(N(Cc3ccco3)C(=O)c3ccc4c(c3)OCO4)nc12. The molecule has 0 spiro atoms. The molecule has 0 saturated heterocycles. The number of amides is 1. The first-order chi connectivity index (χ1) is 14.1. The van der Waals surface area contributed by atoms with Crippen molar-refractivity contribution >= 4 is 44.2 Å². The van der Waals surface area contributed by atoms with Gasteiger partial charge in [0, 0.05) is 10.6 Å². The fraction of sp³-hybridized carbons (Fsp3) is 0.143. The van der Waals surface area contributed by atoms with E-state index in [-0.39, 0.29) is 19.2 Å². The maximum Gasteiger partial charge on any atom is 0.260 e. The number of carbonyl (C=O) groups excluding carboxylic acids is 1. The van der Waals surface area contributed by atoms with Gasteiger partial charge >= 0.3 is 0 Å². The number of aromatic nitrogens is 1. The van der Waals surface area contributed by atoms with E-state index in [0.29, 0.717) is 33.0 Å². The van der Waals surface area contributed by atoms with Crippen LogP contribution in [0.25, 0.3) is 10.2 Å². The predicted molar refractivity (Wildman–Crippen MR) is 111 cm³/mol. The molecule has 0 fully saturated rings. The van der Waals surface area contributed by atoms with Crippen LogP contribution in [0.5, 0.6) is 11.5 Å². The van der Waals surface area contributed by atoms with Crippen LogP contribution in [0.4, 0.5) is 5.13 Å². The maximum atomic E-state index is 13.4. The van der Waals surface area contributed by atoms with Crippen LogP contribution in [0.2, 0.25) is 5.02 Å². The van der Waals surface area contributed by atoms with Crippen molar-refractivity contribution in [2.45, 2.75) is 13.5 Å². The molecular weight excluding hydrogens is 412 g/mol. The number of nitrogens with zero attached hydrogens (tertiary/aromatic N) is 2. The van der Waals surface area contributed by atoms with Gasteiger partial charge in [-0.25, -0.2) is 4.98 Å². The van der Waals surface area contributed by atoms with Crippen molar-refractivity contribution in [3.63, 3.8) is 0 Å². The standard InChI is InChI=1S/C21H15ClN2O4S/c1-12-15(22)5-7-18-19(12)23-21(29-18)24(10-14-3-2-8-26-14)20(25)13-4-6-16-17(9-13)28-11-27-16/h2-9H,10-11H2,1H3. The summed E-state index contributed by atoms with van der Waals surface area (Å²) < 4.78 is 17.2. The van der Waals surface area contributed by atoms with Crippen LogP contribution < -0.4 is 14.4 Å². The number of carbonyl (C=O) groups is 1. The van der Waals surface area contributed by atoms with Crippen LogP contribution in [0.3, 0.4) is 0 Å². The van der Waals surface area contributed by atoms with Gasteiger partial charge in [-0.3, -0.25) is 9.69 Å². The van der Waals surface area contributed by atoms with Gasteiger partial charge in [0.1, 0.15) is 5.76 Å². The van der Waals surface area contributed by atoms with Crippen molar-refractivity contribution in [2.24, 2.45) is 0 Å². The van der Waals surface area contributed by atoms with Crippen molar-refractivity contribution in [1.29, 1.82) is 0 Å². The summed E-state index contributed by atoms with van der Waals surface area (Å²) >= 11 is 7.68. The van der Waals surface area contributed by atoms with Gasteiger partial charge in [-0.1, -0.05) is 22.9 Å². The second-order valence-corrected chi connectivity index (χ2v) is 7.97. The van der Waals surface area contributed by atoms with Gasteiger partial charge in [-0.2, -0.15) is 0 Å². The van der Waals surface area contributed by atoms with E-state index in [1.54, 1.807) is 35.4 Å². The molecule has 1 aliphatic rings. The smallest absolute Gasteiger partial charge is 0.260 e. The molecule has 4 aromatic rings. The van der Waals surface area contributed by atoms with E-state index in [4.69, 9.17) is 30.5 Å². The number of aryl methyl sites for hydroxylation is 1. The minimum Gasteiger partial charge on any atom is -0.467 e. The first-order valence-electron chi connectivity index (χ1n) is 8.90. The highest BCUT2D eigenvalue weighted by Crippen LogP contribution is 2.36. The predicted octanol–water partition coefficient (Wildman–Crippen LogP) is 5.43. The molecule has 1 amide bonds. The monoisotopic (exact) mass is 426 g/mol. The Bertz CT molecular complexity index is 1220. The lowest BCUT2D eigenvalue weighted by Crippen LogP contribution is -2.30. The van der Waals surface area contributed by atoms with Crippen LogP contribution in [0, 0.1) is 6.92 Å². The van der Waals surface area contributed by atoms with E-state index in [1.807, 2.05) is 25.1 Å². The summed E-state index contributed by atoms with van der Waals surface area (Å²) in [5.41, 5.74) is 2.16. The highest BCUT2D eigenvalue weighted by atomic mass is 35.5. The normalized spacial score (nSPS) is 12.5. The highest BCUT2D eigenvalue weighted by molar-refractivity contribution is 7.22. The zero-order valence-corrected chi connectivity index (χ0v) is 16.9. The lowest BCUT2D eigenvalue weighted by atomic mass is 10.1. The highest BCUT2D eigenvalue weighted by Gasteiger charge is 2.25. The van der Waals surface area contributed by atoms with Gasteiger partial charge in [-0.05, 0) is 55.0 Å². The molecule has 2 aromatic carbocycles. The number of hydrogen-bond donors (Lipinski definition) is 0. The fourth-order valence-corrected chi connectivity index (χ4v) is 4.35. The Balaban J connectivity index is 1.58. The molecule has 5 rings (SSSR count). The molecule has 1 aliphatic heterocycles. The van der Waals surface area contributed by atoms with Crippen LogP contribution in [-0.4, -0.2) is 17.7 Å². The number of benzene rings is 2. The maximum absolute atomic E-state index is 13.4. The number of rotatable bonds is 4. The average Bonchev–Trinajstić information content (AvgIpc) is 3.48. The van der Waals surface area contributed by atoms with E-state index in [0.717, 1.165) is 15.8 Å². The summed E-state index contributed by atoms with van der Waals surface area (Å²) in [5.74, 6) is 1.64. The Morgan fingerprint density at radius 1 is 1.21 bits per heavy atom. The zero-order valence-electron chi connectivity index (χ0n) is 15.3. The molecule has 0 saturated carbocycles. The van der Waals surface area contributed by atoms with E-state index in [2.05, 4.69) is 0 Å². The fourth-order valence-electron chi connectivity index (χ4n) is 3.17. The third-order valence-corrected chi connectivity index (χ3v) is 6.18. The summed E-state index contributed by atoms with van der Waals surface area (Å²) in [7, 11) is 0. The Labute approximate surface area is 175 Å². The summed E-state index contributed by atoms with van der Waals surface area (Å²) in [6, 6.07) is 12.5. The molecule has 2 aromatic heterocycles. The molecule has 0 radical (unpaired) electrons. The first kappa shape index (κ1) is 18.0. The van der Waals surface area contributed by atoms with Gasteiger partial charge in [0.05, 0.1) is 23.0 Å². The van der Waals surface area contributed by atoms with E-state index < -0.39 is 0 Å². The molecule has 3 heterocycles. The van der Waals surface area contributed by atoms with E-state index in [1.165, 1.54) is 11.3 Å². The summed E-state index contributed by atoms with van der Waals surface area (Å²) in [4.78, 5) is 19.7. The molecule has 0 aliphatic carbocycles. The molecule has 0 unspecified atom stereocenters. The quantitative estimate of drug-likeness (QED) is 0.435. The van der Waals surface area contributed by atoms with E-state index >= 15 is 0 Å². The van der Waals surface area contributed by atoms with Gasteiger partial charge in [-0.15, -0.1) is 0 Å². The Morgan fingerprint density at radius 2 is 2.07 bits per heavy atom. The average molecular weight is 427 g/mol. The molecule has 0 atom stereocenters. The largest absolute Gasteiger partial charge is 0.467 e. The van der Waals surface area contributed by atoms with Crippen molar-refractivity contribution < 1.29 is 18.7 Å². The number of hydrogen-bond acceptors (Lipinski definition) is 6. The van der Waals surface area contributed by atoms with E-state index in [9.17, 15) is 4.79 Å². The second kappa shape index (κ2) is 7.09. The van der Waals surface area contributed by atoms with Crippen LogP contribution in [-0.2, 0) is 6.54 Å². The zero-order chi connectivity index (χ0) is 20.0. The van der Waals surface area contributed by atoms with Gasteiger partial charge < -0.3 is 13.9 Å². The Morgan fingerprint density at radius 3 is 2.90 bits per heavy atom. The number of ether oxygens (including phenoxy) is 2. The van der Waals surface area contributed by atoms with Crippen molar-refractivity contribution in [1.82, 2.24) is 4.98 Å². The summed E-state index contributed by atoms with van der Waals surface area (Å²) in [6.45, 7) is 2.33. The first-order valence-corrected chi connectivity index (χ1v) is 10.1. The molecular formula is C21H15ClN2O4S. The number of anilines is 1. The lowest BCUT2D eigenvalue weighted by Gasteiger charge is -2.19. The number of thiazole rings is 1. The molecule has 0 N–H and O–H groups in total. The molecule has 6 nitrogen and oxygen atoms in total. The Kier molecular flexibility index (Phi) is 4.41. The molecule has 0 bridgehead atoms. The van der Waals surface area contributed by atoms with Gasteiger partial charge in [0.15, 0.2) is 16.6 Å². The molecule has 29 heavy (non-hydrogen) atoms. The minimum atomic E-state index is -0.206. The number of fused-ring (bicyclic) bond motifs is 2. The number of furan rings is 1. The van der Waals surface area contributed by atoms with Crippen LogP contribution >= 0.6 is 22.9 Å². The third kappa shape index (κ3) is 3.22. The van der Waals surface area contributed by atoms with Crippen molar-refractivity contribution in [3.05, 3.63) is 70.6 Å². The number of halogens is 1. The van der Waals surface area contributed by atoms with Crippen LogP contribution in [0.15, 0.2) is 53.1 Å². The van der Waals surface area contributed by atoms with Crippen molar-refractivity contribution in [3.8, 4) is 11.5 Å². The van der Waals surface area contributed by atoms with Gasteiger partial charge in [0.2, 0.25) is 6.79 Å². The second-order valence-electron chi connectivity index (χ2n) is 6.55. The molecule has 146 valence electrons. The minimum absolute atomic E-state index is 0.154. The molecule has 8 heteroatoms. The Hall–Kier alpha value is -3.03. The lowest BCUT2D eigenvalue weighted by molar-refractivity contribution is 0.0983. The summed E-state index contributed by atoms with van der Waals surface area (Å²) in [6.07, 6.45) is 1.58. The van der Waals surface area contributed by atoms with Crippen molar-refractivity contribution in [2.75, 3.05) is 11.7 Å². The van der Waals surface area contributed by atoms with Crippen LogP contribution in [0.1, 0.15) is 21.7 Å². The topological polar surface area (TPSA) is 64.8 Å². The summed E-state index contributed by atoms with van der Waals surface area (Å²) in [5, 5.41) is 1.22. The van der Waals surface area contributed by atoms with Gasteiger partial charge in [0.25, 0.3) is 5.91 Å².